The third kappa shape index (κ3) is 3.89. The molecule has 0 aliphatic carbocycles. The Hall–Kier alpha value is -3.02. The van der Waals surface area contributed by atoms with Gasteiger partial charge in [-0.2, -0.15) is 0 Å². The fourth-order valence-corrected chi connectivity index (χ4v) is 2.80. The molecule has 0 bridgehead atoms. The van der Waals surface area contributed by atoms with Crippen molar-refractivity contribution in [1.82, 2.24) is 15.4 Å². The number of hydrazone groups is 1. The summed E-state index contributed by atoms with van der Waals surface area (Å²) in [6.07, 6.45) is 0. The van der Waals surface area contributed by atoms with Crippen LogP contribution in [0.25, 0.3) is 11.1 Å². The number of rotatable bonds is 5. The standard InChI is InChI=1S/C21H25N4O2/c1-14(2)24-21(26)25(15(3)4)23-20(22-24)18-8-6-16(7-9-18)17-10-12-19(27-5)13-11-17/h6-15H,1-5H3. The van der Waals surface area contributed by atoms with E-state index in [4.69, 9.17) is 4.74 Å². The minimum Gasteiger partial charge on any atom is -0.497 e. The lowest BCUT2D eigenvalue weighted by Gasteiger charge is -2.35. The van der Waals surface area contributed by atoms with Crippen molar-refractivity contribution < 1.29 is 9.53 Å². The van der Waals surface area contributed by atoms with E-state index in [1.807, 2.05) is 76.2 Å². The van der Waals surface area contributed by atoms with Crippen LogP contribution in [0.1, 0.15) is 33.3 Å². The molecule has 0 aromatic heterocycles. The van der Waals surface area contributed by atoms with Gasteiger partial charge < -0.3 is 4.74 Å². The van der Waals surface area contributed by atoms with Gasteiger partial charge in [-0.1, -0.05) is 36.4 Å². The second-order valence-corrected chi connectivity index (χ2v) is 6.99. The van der Waals surface area contributed by atoms with Gasteiger partial charge >= 0.3 is 6.03 Å². The van der Waals surface area contributed by atoms with Crippen molar-refractivity contribution in [1.29, 1.82) is 0 Å². The number of hydrogen-bond acceptors (Lipinski definition) is 3. The summed E-state index contributed by atoms with van der Waals surface area (Å²) in [5.41, 5.74) is 7.53. The average Bonchev–Trinajstić information content (AvgIpc) is 2.68. The highest BCUT2D eigenvalue weighted by atomic mass is 16.5. The predicted octanol–water partition coefficient (Wildman–Crippen LogP) is 4.10. The van der Waals surface area contributed by atoms with E-state index in [1.54, 1.807) is 7.11 Å². The van der Waals surface area contributed by atoms with Gasteiger partial charge in [-0.05, 0) is 51.0 Å². The number of carbonyl (C=O) groups excluding carboxylic acids is 1. The van der Waals surface area contributed by atoms with Crippen molar-refractivity contribution in [3.05, 3.63) is 54.1 Å². The van der Waals surface area contributed by atoms with E-state index in [0.29, 0.717) is 5.84 Å². The molecule has 0 atom stereocenters. The quantitative estimate of drug-likeness (QED) is 0.801. The summed E-state index contributed by atoms with van der Waals surface area (Å²) in [5, 5.41) is 7.44. The molecule has 2 aromatic carbocycles. The number of amides is 2. The number of amidine groups is 1. The number of benzene rings is 2. The van der Waals surface area contributed by atoms with Gasteiger partial charge in [-0.3, -0.25) is 0 Å². The Morgan fingerprint density at radius 2 is 1.26 bits per heavy atom. The molecule has 2 aromatic rings. The molecule has 0 N–H and O–H groups in total. The van der Waals surface area contributed by atoms with Crippen LogP contribution in [0.2, 0.25) is 0 Å². The van der Waals surface area contributed by atoms with Crippen LogP contribution in [0.5, 0.6) is 5.75 Å². The molecule has 2 amide bonds. The molecule has 0 spiro atoms. The topological polar surface area (TPSA) is 59.2 Å². The van der Waals surface area contributed by atoms with Gasteiger partial charge in [0.1, 0.15) is 5.75 Å². The van der Waals surface area contributed by atoms with Crippen molar-refractivity contribution in [3.8, 4) is 16.9 Å². The van der Waals surface area contributed by atoms with Crippen LogP contribution in [-0.4, -0.2) is 41.1 Å². The van der Waals surface area contributed by atoms with Gasteiger partial charge in [0.25, 0.3) is 0 Å². The molecule has 6 nitrogen and oxygen atoms in total. The smallest absolute Gasteiger partial charge is 0.361 e. The minimum atomic E-state index is -0.196. The molecule has 141 valence electrons. The van der Waals surface area contributed by atoms with Crippen molar-refractivity contribution >= 4 is 11.9 Å². The third-order valence-corrected chi connectivity index (χ3v) is 4.34. The number of carbonyl (C=O) groups is 1. The highest BCUT2D eigenvalue weighted by molar-refractivity contribution is 6.01. The van der Waals surface area contributed by atoms with Gasteiger partial charge in [0.2, 0.25) is 0 Å². The first-order valence-electron chi connectivity index (χ1n) is 9.08. The Bertz CT molecular complexity index is 826. The van der Waals surface area contributed by atoms with Crippen molar-refractivity contribution in [2.45, 2.75) is 39.8 Å². The fourth-order valence-electron chi connectivity index (χ4n) is 2.80. The van der Waals surface area contributed by atoms with Gasteiger partial charge in [0.05, 0.1) is 19.2 Å². The summed E-state index contributed by atoms with van der Waals surface area (Å²) in [6, 6.07) is 15.7. The number of urea groups is 1. The number of methoxy groups -OCH3 is 1. The summed E-state index contributed by atoms with van der Waals surface area (Å²) >= 11 is 0. The maximum absolute atomic E-state index is 12.5. The van der Waals surface area contributed by atoms with Crippen LogP contribution in [-0.2, 0) is 0 Å². The van der Waals surface area contributed by atoms with E-state index in [2.05, 4.69) is 10.5 Å². The van der Waals surface area contributed by atoms with Crippen molar-refractivity contribution in [2.24, 2.45) is 5.10 Å². The van der Waals surface area contributed by atoms with E-state index in [0.717, 1.165) is 22.4 Å². The summed E-state index contributed by atoms with van der Waals surface area (Å²) in [7, 11) is 1.66. The molecule has 27 heavy (non-hydrogen) atoms. The van der Waals surface area contributed by atoms with Crippen LogP contribution >= 0.6 is 0 Å². The molecule has 1 radical (unpaired) electrons. The van der Waals surface area contributed by atoms with Crippen molar-refractivity contribution in [2.75, 3.05) is 7.11 Å². The van der Waals surface area contributed by atoms with Gasteiger partial charge in [-0.15, -0.1) is 10.5 Å². The van der Waals surface area contributed by atoms with Crippen LogP contribution in [0.3, 0.4) is 0 Å². The average molecular weight is 365 g/mol. The second-order valence-electron chi connectivity index (χ2n) is 6.99. The molecule has 1 aliphatic heterocycles. The van der Waals surface area contributed by atoms with Crippen molar-refractivity contribution in [3.63, 3.8) is 0 Å². The van der Waals surface area contributed by atoms with Gasteiger partial charge in [0, 0.05) is 5.56 Å². The largest absolute Gasteiger partial charge is 0.497 e. The highest BCUT2D eigenvalue weighted by Crippen LogP contribution is 2.23. The van der Waals surface area contributed by atoms with Gasteiger partial charge in [0.15, 0.2) is 5.84 Å². The first-order chi connectivity index (χ1) is 12.9. The van der Waals surface area contributed by atoms with E-state index in [9.17, 15) is 4.79 Å². The molecule has 1 aliphatic rings. The molecule has 0 saturated heterocycles. The maximum Gasteiger partial charge on any atom is 0.361 e. The fraction of sp³-hybridized carbons (Fsp3) is 0.333. The Morgan fingerprint density at radius 3 is 1.74 bits per heavy atom. The van der Waals surface area contributed by atoms with E-state index in [1.165, 1.54) is 10.0 Å². The Morgan fingerprint density at radius 1 is 0.778 bits per heavy atom. The second kappa shape index (κ2) is 7.70. The summed E-state index contributed by atoms with van der Waals surface area (Å²) in [4.78, 5) is 12.5. The lowest BCUT2D eigenvalue weighted by Crippen LogP contribution is -2.56. The summed E-state index contributed by atoms with van der Waals surface area (Å²) < 4.78 is 5.21. The first kappa shape index (κ1) is 18.8. The monoisotopic (exact) mass is 365 g/mol. The van der Waals surface area contributed by atoms with Crippen LogP contribution in [0.4, 0.5) is 4.79 Å². The Kier molecular flexibility index (Phi) is 5.35. The third-order valence-electron chi connectivity index (χ3n) is 4.34. The molecule has 3 rings (SSSR count). The van der Waals surface area contributed by atoms with Crippen LogP contribution < -0.4 is 10.2 Å². The zero-order valence-corrected chi connectivity index (χ0v) is 16.4. The van der Waals surface area contributed by atoms with Crippen LogP contribution in [0, 0.1) is 0 Å². The highest BCUT2D eigenvalue weighted by Gasteiger charge is 2.33. The molecule has 6 heteroatoms. The predicted molar refractivity (Wildman–Crippen MR) is 106 cm³/mol. The molecule has 0 unspecified atom stereocenters. The molecule has 1 heterocycles. The normalized spacial score (nSPS) is 14.5. The van der Waals surface area contributed by atoms with Crippen LogP contribution in [0.15, 0.2) is 53.6 Å². The zero-order chi connectivity index (χ0) is 19.6. The number of nitrogens with zero attached hydrogens (tertiary/aromatic N) is 4. The van der Waals surface area contributed by atoms with Gasteiger partial charge in [-0.25, -0.2) is 14.8 Å². The molecular formula is C21H25N4O2. The van der Waals surface area contributed by atoms with E-state index < -0.39 is 0 Å². The minimum absolute atomic E-state index is 0.0391. The summed E-state index contributed by atoms with van der Waals surface area (Å²) in [5.74, 6) is 1.37. The maximum atomic E-state index is 12.5. The Balaban J connectivity index is 1.88. The lowest BCUT2D eigenvalue weighted by atomic mass is 10.0. The van der Waals surface area contributed by atoms with E-state index >= 15 is 0 Å². The molecular weight excluding hydrogens is 340 g/mol. The zero-order valence-electron chi connectivity index (χ0n) is 16.4. The SMILES string of the molecule is COc1ccc(-c2ccc(C3=NN(C(C)C)C(=O)N(C(C)C)[N]3)cc2)cc1. The Labute approximate surface area is 160 Å². The lowest BCUT2D eigenvalue weighted by molar-refractivity contribution is 0.104. The number of ether oxygens (including phenoxy) is 1. The first-order valence-corrected chi connectivity index (χ1v) is 9.08. The number of hydrogen-bond donors (Lipinski definition) is 0. The molecule has 0 saturated carbocycles. The molecule has 0 fully saturated rings. The summed E-state index contributed by atoms with van der Waals surface area (Å²) in [6.45, 7) is 7.76. The van der Waals surface area contributed by atoms with E-state index in [-0.39, 0.29) is 18.1 Å².